The number of Topliss-reactive ketones (excluding diaryl/α,β-unsaturated/α-hetero) is 1. The number of thiophene rings is 6. The van der Waals surface area contributed by atoms with Gasteiger partial charge in [-0.1, -0.05) is 324 Å². The molecule has 93 heavy (non-hydrogen) atoms. The largest absolute Gasteiger partial charge is 0.293 e. The van der Waals surface area contributed by atoms with Crippen LogP contribution in [0.3, 0.4) is 0 Å². The van der Waals surface area contributed by atoms with Crippen molar-refractivity contribution in [1.29, 1.82) is 0 Å². The second-order valence-electron chi connectivity index (χ2n) is 29.4. The van der Waals surface area contributed by atoms with E-state index in [1.807, 2.05) is 45.3 Å². The van der Waals surface area contributed by atoms with Crippen molar-refractivity contribution in [3.63, 3.8) is 0 Å². The molecule has 2 unspecified atom stereocenters. The molecule has 6 aromatic heterocycles. The van der Waals surface area contributed by atoms with Crippen LogP contribution < -0.4 is 0 Å². The third-order valence-electron chi connectivity index (χ3n) is 21.4. The summed E-state index contributed by atoms with van der Waals surface area (Å²) in [6.07, 6.45) is 63.9. The van der Waals surface area contributed by atoms with Crippen LogP contribution in [0.4, 0.5) is 0 Å². The molecule has 0 saturated carbocycles. The lowest BCUT2D eigenvalue weighted by Crippen LogP contribution is -2.38. The Kier molecular flexibility index (Phi) is 34.9. The molecule has 7 aromatic rings. The minimum atomic E-state index is -0.430. The summed E-state index contributed by atoms with van der Waals surface area (Å²) in [5.41, 5.74) is 4.88. The summed E-state index contributed by atoms with van der Waals surface area (Å²) >= 11 is 12.2. The van der Waals surface area contributed by atoms with E-state index in [1.165, 1.54) is 358 Å². The van der Waals surface area contributed by atoms with Crippen molar-refractivity contribution in [3.8, 4) is 40.4 Å². The van der Waals surface area contributed by atoms with Gasteiger partial charge in [0.1, 0.15) is 0 Å². The van der Waals surface area contributed by atoms with Crippen LogP contribution in [0.25, 0.3) is 60.6 Å². The van der Waals surface area contributed by atoms with Crippen molar-refractivity contribution in [3.05, 3.63) is 79.2 Å². The van der Waals surface area contributed by atoms with Crippen LogP contribution in [0.2, 0.25) is 0 Å². The first kappa shape index (κ1) is 76.4. The zero-order chi connectivity index (χ0) is 65.5. The van der Waals surface area contributed by atoms with Crippen molar-refractivity contribution in [2.24, 2.45) is 11.8 Å². The Labute approximate surface area is 594 Å². The molecule has 1 aliphatic carbocycles. The molecule has 2 atom stereocenters. The average Bonchev–Trinajstić information content (AvgIpc) is 1.60. The van der Waals surface area contributed by atoms with Gasteiger partial charge in [0.15, 0.2) is 5.78 Å². The fourth-order valence-corrected chi connectivity index (χ4v) is 23.2. The van der Waals surface area contributed by atoms with Gasteiger partial charge in [0.05, 0.1) is 10.3 Å². The zero-order valence-corrected chi connectivity index (χ0v) is 65.5. The Morgan fingerprint density at radius 3 is 1.11 bits per heavy atom. The van der Waals surface area contributed by atoms with E-state index in [9.17, 15) is 0 Å². The van der Waals surface area contributed by atoms with Crippen molar-refractivity contribution >= 4 is 94.0 Å². The minimum absolute atomic E-state index is 0.428. The number of carbonyl (C=O) groups is 1. The lowest BCUT2D eigenvalue weighted by atomic mass is 9.65. The Balaban J connectivity index is 1.17. The molecule has 6 heterocycles. The first-order valence-corrected chi connectivity index (χ1v) is 44.5. The fourth-order valence-electron chi connectivity index (χ4n) is 15.9. The number of unbranched alkanes of at least 4 members (excludes halogenated alkanes) is 34. The maximum Gasteiger partial charge on any atom is 0.174 e. The van der Waals surface area contributed by atoms with Crippen molar-refractivity contribution in [2.75, 3.05) is 0 Å². The molecular weight excluding hydrogens is 1240 g/mol. The standard InChI is InChI=1S/C86H130OS6/c1-9-15-21-27-33-35-39-45-51-67(49-43-37-29-23-17-11-3)61-69-53-55-75(90-69)79-71-59-65(7)88-81(71)80(76-56-54-70(91-76)62-68(50-44-38-30-24-18-12-4)52-46-40-36-34-28-22-16-10-2)72-63-77(92-82(72)79)78-64-73-83(93-78)84-74(60-66(8)89-84)86(85(73)87,57-47-41-31-25-19-13-5)58-48-42-32-26-20-14-6/h53-56,59-60,63-64,67-68H,9-52,57-58,61-62H2,1-8H3. The highest BCUT2D eigenvalue weighted by Crippen LogP contribution is 2.58. The first-order chi connectivity index (χ1) is 45.7. The van der Waals surface area contributed by atoms with Gasteiger partial charge in [-0.05, 0) is 105 Å². The first-order valence-electron chi connectivity index (χ1n) is 39.6. The summed E-state index contributed by atoms with van der Waals surface area (Å²) in [4.78, 5) is 30.0. The van der Waals surface area contributed by atoms with Gasteiger partial charge in [-0.25, -0.2) is 0 Å². The van der Waals surface area contributed by atoms with E-state index in [4.69, 9.17) is 0 Å². The topological polar surface area (TPSA) is 17.1 Å². The average molecular weight is 1370 g/mol. The summed E-state index contributed by atoms with van der Waals surface area (Å²) in [5.74, 6) is 1.95. The van der Waals surface area contributed by atoms with E-state index < -0.39 is 5.41 Å². The van der Waals surface area contributed by atoms with Gasteiger partial charge < -0.3 is 0 Å². The van der Waals surface area contributed by atoms with Gasteiger partial charge in [-0.3, -0.25) is 4.79 Å². The number of benzene rings is 1. The van der Waals surface area contributed by atoms with E-state index in [-0.39, 0.29) is 0 Å². The Bertz CT molecular complexity index is 3020. The highest BCUT2D eigenvalue weighted by Gasteiger charge is 2.47. The Morgan fingerprint density at radius 1 is 0.333 bits per heavy atom. The predicted molar refractivity (Wildman–Crippen MR) is 427 cm³/mol. The van der Waals surface area contributed by atoms with Crippen molar-refractivity contribution in [1.82, 2.24) is 0 Å². The molecule has 0 aliphatic heterocycles. The summed E-state index contributed by atoms with van der Waals surface area (Å²) in [6.45, 7) is 18.7. The third-order valence-corrected chi connectivity index (χ3v) is 28.4. The SMILES string of the molecule is CCCCCCCCCCC(CCCCCCCC)Cc1ccc(-c2c3cc(-c4cc5c(s4)-c4sc(C)cc4C(CCCCCCCC)(CCCCCCCC)C5=O)sc3c(-c3ccc(CC(CCCCCCCC)CCCCCCCCCC)s3)c3cc(C)sc23)s1. The molecule has 0 saturated heterocycles. The highest BCUT2D eigenvalue weighted by molar-refractivity contribution is 7.30. The van der Waals surface area contributed by atoms with Crippen LogP contribution in [0, 0.1) is 25.7 Å². The fraction of sp³-hybridized carbons (Fsp3) is 0.686. The van der Waals surface area contributed by atoms with Gasteiger partial charge in [0, 0.05) is 80.8 Å². The monoisotopic (exact) mass is 1370 g/mol. The quantitative estimate of drug-likeness (QED) is 0.0347. The lowest BCUT2D eigenvalue weighted by Gasteiger charge is -2.36. The van der Waals surface area contributed by atoms with E-state index in [1.54, 1.807) is 9.75 Å². The second kappa shape index (κ2) is 42.5. The molecule has 1 nitrogen and oxygen atoms in total. The van der Waals surface area contributed by atoms with E-state index >= 15 is 4.79 Å². The maximum atomic E-state index is 16.0. The molecule has 8 rings (SSSR count). The minimum Gasteiger partial charge on any atom is -0.293 e. The lowest BCUT2D eigenvalue weighted by molar-refractivity contribution is 0.0855. The van der Waals surface area contributed by atoms with Crippen LogP contribution in [0.15, 0.2) is 48.5 Å². The molecule has 0 radical (unpaired) electrons. The number of fused-ring (bicyclic) bond motifs is 5. The molecule has 0 fully saturated rings. The van der Waals surface area contributed by atoms with Crippen LogP contribution >= 0.6 is 68.0 Å². The summed E-state index contributed by atoms with van der Waals surface area (Å²) in [5, 5.41) is 2.87. The molecule has 0 spiro atoms. The molecule has 7 heteroatoms. The van der Waals surface area contributed by atoms with Crippen LogP contribution in [0.5, 0.6) is 0 Å². The maximum absolute atomic E-state index is 16.0. The number of hydrogen-bond acceptors (Lipinski definition) is 7. The van der Waals surface area contributed by atoms with Crippen LogP contribution in [-0.4, -0.2) is 5.78 Å². The van der Waals surface area contributed by atoms with Crippen LogP contribution in [0.1, 0.15) is 372 Å². The molecule has 516 valence electrons. The number of aryl methyl sites for hydroxylation is 2. The third kappa shape index (κ3) is 22.8. The number of hydrogen-bond donors (Lipinski definition) is 0. The predicted octanol–water partition coefficient (Wildman–Crippen LogP) is 32.5. The second-order valence-corrected chi connectivity index (χ2v) is 36.4. The Hall–Kier alpha value is -2.39. The van der Waals surface area contributed by atoms with E-state index in [0.717, 1.165) is 43.1 Å². The van der Waals surface area contributed by atoms with E-state index in [0.29, 0.717) is 5.78 Å². The molecule has 1 aliphatic rings. The molecule has 0 N–H and O–H groups in total. The normalized spacial score (nSPS) is 13.7. The molecular formula is C86H130OS6. The van der Waals surface area contributed by atoms with Gasteiger partial charge in [0.25, 0.3) is 0 Å². The highest BCUT2D eigenvalue weighted by atomic mass is 32.1. The van der Waals surface area contributed by atoms with E-state index in [2.05, 4.69) is 127 Å². The molecule has 1 aromatic carbocycles. The summed E-state index contributed by atoms with van der Waals surface area (Å²) < 4.78 is 2.91. The zero-order valence-electron chi connectivity index (χ0n) is 60.6. The summed E-state index contributed by atoms with van der Waals surface area (Å²) in [6, 6.07) is 20.2. The van der Waals surface area contributed by atoms with Gasteiger partial charge in [-0.2, -0.15) is 0 Å². The molecule has 0 amide bonds. The van der Waals surface area contributed by atoms with Crippen molar-refractivity contribution in [2.45, 2.75) is 369 Å². The summed E-state index contributed by atoms with van der Waals surface area (Å²) in [7, 11) is 0. The number of carbonyl (C=O) groups excluding carboxylic acids is 1. The number of ketones is 1. The van der Waals surface area contributed by atoms with Gasteiger partial charge in [0.2, 0.25) is 0 Å². The van der Waals surface area contributed by atoms with Crippen molar-refractivity contribution < 1.29 is 4.79 Å². The van der Waals surface area contributed by atoms with Gasteiger partial charge in [-0.15, -0.1) is 68.0 Å². The Morgan fingerprint density at radius 2 is 0.688 bits per heavy atom. The van der Waals surface area contributed by atoms with Crippen LogP contribution in [-0.2, 0) is 18.3 Å². The number of rotatable bonds is 53. The smallest absolute Gasteiger partial charge is 0.174 e. The van der Waals surface area contributed by atoms with Gasteiger partial charge >= 0.3 is 0 Å². The molecule has 0 bridgehead atoms.